The molecule has 0 unspecified atom stereocenters. The van der Waals surface area contributed by atoms with Crippen LogP contribution in [0.3, 0.4) is 0 Å². The van der Waals surface area contributed by atoms with Crippen molar-refractivity contribution in [2.75, 3.05) is 5.32 Å². The molecule has 0 spiro atoms. The molecule has 2 heterocycles. The predicted octanol–water partition coefficient (Wildman–Crippen LogP) is 3.36. The molecule has 2 aromatic rings. The molecule has 0 saturated heterocycles. The summed E-state index contributed by atoms with van der Waals surface area (Å²) >= 11 is 1.65. The van der Waals surface area contributed by atoms with Gasteiger partial charge in [-0.3, -0.25) is 4.79 Å². The first-order chi connectivity index (χ1) is 9.30. The fourth-order valence-corrected chi connectivity index (χ4v) is 3.08. The van der Waals surface area contributed by atoms with Crippen molar-refractivity contribution in [3.63, 3.8) is 0 Å². The van der Waals surface area contributed by atoms with Crippen LogP contribution in [0.25, 0.3) is 10.2 Å². The van der Waals surface area contributed by atoms with Crippen molar-refractivity contribution in [3.8, 4) is 0 Å². The number of rotatable bonds is 5. The molecule has 0 aliphatic rings. The van der Waals surface area contributed by atoms with E-state index in [0.717, 1.165) is 16.0 Å². The van der Waals surface area contributed by atoms with E-state index in [4.69, 9.17) is 5.11 Å². The third kappa shape index (κ3) is 3.07. The highest BCUT2D eigenvalue weighted by molar-refractivity contribution is 7.18. The van der Waals surface area contributed by atoms with Crippen LogP contribution in [0.5, 0.6) is 0 Å². The first-order valence-electron chi connectivity index (χ1n) is 6.51. The van der Waals surface area contributed by atoms with E-state index in [1.165, 1.54) is 10.4 Å². The topological polar surface area (TPSA) is 75.1 Å². The SMILES string of the molecule is Cc1sc2ncnc(NC(C)(C)CCC(=O)O)c2c1C. The van der Waals surface area contributed by atoms with Gasteiger partial charge in [-0.05, 0) is 39.7 Å². The molecule has 0 amide bonds. The zero-order valence-electron chi connectivity index (χ0n) is 12.1. The van der Waals surface area contributed by atoms with Gasteiger partial charge in [-0.15, -0.1) is 11.3 Å². The minimum absolute atomic E-state index is 0.135. The van der Waals surface area contributed by atoms with E-state index < -0.39 is 5.97 Å². The number of carboxylic acids is 1. The summed E-state index contributed by atoms with van der Waals surface area (Å²) in [5.41, 5.74) is 0.851. The van der Waals surface area contributed by atoms with E-state index in [-0.39, 0.29) is 12.0 Å². The Bertz CT molecular complexity index is 649. The van der Waals surface area contributed by atoms with Gasteiger partial charge < -0.3 is 10.4 Å². The maximum absolute atomic E-state index is 10.7. The van der Waals surface area contributed by atoms with E-state index >= 15 is 0 Å². The monoisotopic (exact) mass is 293 g/mol. The largest absolute Gasteiger partial charge is 0.481 e. The van der Waals surface area contributed by atoms with Crippen molar-refractivity contribution < 1.29 is 9.90 Å². The zero-order valence-corrected chi connectivity index (χ0v) is 13.0. The predicted molar refractivity (Wildman–Crippen MR) is 81.5 cm³/mol. The molecule has 0 fully saturated rings. The van der Waals surface area contributed by atoms with E-state index in [0.29, 0.717) is 6.42 Å². The van der Waals surface area contributed by atoms with Crippen molar-refractivity contribution >= 4 is 33.3 Å². The number of carboxylic acid groups (broad SMARTS) is 1. The second-order valence-electron chi connectivity index (χ2n) is 5.59. The number of aryl methyl sites for hydroxylation is 2. The number of anilines is 1. The summed E-state index contributed by atoms with van der Waals surface area (Å²) in [6, 6.07) is 0. The van der Waals surface area contributed by atoms with Crippen molar-refractivity contribution in [1.29, 1.82) is 0 Å². The summed E-state index contributed by atoms with van der Waals surface area (Å²) < 4.78 is 0. The Balaban J connectivity index is 2.31. The molecule has 0 saturated carbocycles. The molecule has 0 atom stereocenters. The van der Waals surface area contributed by atoms with Gasteiger partial charge in [0.25, 0.3) is 0 Å². The lowest BCUT2D eigenvalue weighted by Gasteiger charge is -2.26. The van der Waals surface area contributed by atoms with Crippen LogP contribution in [-0.2, 0) is 4.79 Å². The fraction of sp³-hybridized carbons (Fsp3) is 0.500. The summed E-state index contributed by atoms with van der Waals surface area (Å²) in [6.07, 6.45) is 2.22. The van der Waals surface area contributed by atoms with Crippen LogP contribution in [0.15, 0.2) is 6.33 Å². The van der Waals surface area contributed by atoms with Crippen LogP contribution in [-0.4, -0.2) is 26.6 Å². The maximum atomic E-state index is 10.7. The highest BCUT2D eigenvalue weighted by Crippen LogP contribution is 2.34. The first-order valence-corrected chi connectivity index (χ1v) is 7.32. The van der Waals surface area contributed by atoms with Gasteiger partial charge in [0, 0.05) is 16.8 Å². The Morgan fingerprint density at radius 2 is 2.10 bits per heavy atom. The summed E-state index contributed by atoms with van der Waals surface area (Å²) in [4.78, 5) is 21.5. The molecular weight excluding hydrogens is 274 g/mol. The number of nitrogens with one attached hydrogen (secondary N) is 1. The fourth-order valence-electron chi connectivity index (χ4n) is 2.08. The summed E-state index contributed by atoms with van der Waals surface area (Å²) in [6.45, 7) is 8.10. The Morgan fingerprint density at radius 3 is 2.75 bits per heavy atom. The molecule has 0 radical (unpaired) electrons. The quantitative estimate of drug-likeness (QED) is 0.884. The van der Waals surface area contributed by atoms with E-state index in [2.05, 4.69) is 29.1 Å². The second kappa shape index (κ2) is 5.36. The summed E-state index contributed by atoms with van der Waals surface area (Å²) in [5.74, 6) is 0.00232. The highest BCUT2D eigenvalue weighted by Gasteiger charge is 2.22. The van der Waals surface area contributed by atoms with E-state index in [9.17, 15) is 4.79 Å². The average molecular weight is 293 g/mol. The smallest absolute Gasteiger partial charge is 0.303 e. The number of nitrogens with zero attached hydrogens (tertiary/aromatic N) is 2. The molecule has 2 aromatic heterocycles. The Hall–Kier alpha value is -1.69. The number of aromatic nitrogens is 2. The molecule has 0 aromatic carbocycles. The number of carbonyl (C=O) groups is 1. The number of fused-ring (bicyclic) bond motifs is 1. The van der Waals surface area contributed by atoms with Crippen LogP contribution in [0.2, 0.25) is 0 Å². The van der Waals surface area contributed by atoms with Crippen LogP contribution in [0.1, 0.15) is 37.1 Å². The Morgan fingerprint density at radius 1 is 1.40 bits per heavy atom. The van der Waals surface area contributed by atoms with Crippen LogP contribution < -0.4 is 5.32 Å². The number of aliphatic carboxylic acids is 1. The van der Waals surface area contributed by atoms with E-state index in [1.807, 2.05) is 13.8 Å². The van der Waals surface area contributed by atoms with Crippen LogP contribution in [0.4, 0.5) is 5.82 Å². The molecule has 108 valence electrons. The van der Waals surface area contributed by atoms with Gasteiger partial charge in [-0.2, -0.15) is 0 Å². The lowest BCUT2D eigenvalue weighted by atomic mass is 9.98. The zero-order chi connectivity index (χ0) is 14.9. The van der Waals surface area contributed by atoms with Gasteiger partial charge in [0.05, 0.1) is 5.39 Å². The van der Waals surface area contributed by atoms with Gasteiger partial charge >= 0.3 is 5.97 Å². The highest BCUT2D eigenvalue weighted by atomic mass is 32.1. The standard InChI is InChI=1S/C14H19N3O2S/c1-8-9(2)20-13-11(8)12(15-7-16-13)17-14(3,4)6-5-10(18)19/h7H,5-6H2,1-4H3,(H,18,19)(H,15,16,17). The second-order valence-corrected chi connectivity index (χ2v) is 6.79. The molecule has 0 aliphatic carbocycles. The third-order valence-electron chi connectivity index (χ3n) is 3.39. The number of hydrogen-bond acceptors (Lipinski definition) is 5. The van der Waals surface area contributed by atoms with E-state index in [1.54, 1.807) is 17.7 Å². The van der Waals surface area contributed by atoms with Crippen molar-refractivity contribution in [1.82, 2.24) is 9.97 Å². The maximum Gasteiger partial charge on any atom is 0.303 e. The average Bonchev–Trinajstić information content (AvgIpc) is 2.64. The third-order valence-corrected chi connectivity index (χ3v) is 4.50. The summed E-state index contributed by atoms with van der Waals surface area (Å²) in [7, 11) is 0. The first kappa shape index (κ1) is 14.7. The molecule has 2 N–H and O–H groups in total. The van der Waals surface area contributed by atoms with Crippen molar-refractivity contribution in [2.24, 2.45) is 0 Å². The molecule has 0 aliphatic heterocycles. The molecule has 0 bridgehead atoms. The lowest BCUT2D eigenvalue weighted by molar-refractivity contribution is -0.137. The van der Waals surface area contributed by atoms with Crippen molar-refractivity contribution in [3.05, 3.63) is 16.8 Å². The van der Waals surface area contributed by atoms with Crippen LogP contribution >= 0.6 is 11.3 Å². The molecule has 2 rings (SSSR count). The molecule has 6 heteroatoms. The summed E-state index contributed by atoms with van der Waals surface area (Å²) in [5, 5.41) is 13.2. The minimum atomic E-state index is -0.782. The number of thiophene rings is 1. The van der Waals surface area contributed by atoms with Gasteiger partial charge in [0.2, 0.25) is 0 Å². The molecular formula is C14H19N3O2S. The normalized spacial score (nSPS) is 11.8. The Kier molecular flexibility index (Phi) is 3.94. The lowest BCUT2D eigenvalue weighted by Crippen LogP contribution is -2.32. The van der Waals surface area contributed by atoms with Crippen molar-refractivity contribution in [2.45, 2.75) is 46.1 Å². The van der Waals surface area contributed by atoms with Gasteiger partial charge in [0.1, 0.15) is 17.0 Å². The molecule has 20 heavy (non-hydrogen) atoms. The minimum Gasteiger partial charge on any atom is -0.481 e. The van der Waals surface area contributed by atoms with Crippen LogP contribution in [0, 0.1) is 13.8 Å². The Labute approximate surface area is 122 Å². The van der Waals surface area contributed by atoms with Gasteiger partial charge in [-0.1, -0.05) is 0 Å². The van der Waals surface area contributed by atoms with Gasteiger partial charge in [0.15, 0.2) is 0 Å². The molecule has 5 nitrogen and oxygen atoms in total. The number of hydrogen-bond donors (Lipinski definition) is 2. The van der Waals surface area contributed by atoms with Gasteiger partial charge in [-0.25, -0.2) is 9.97 Å².